The van der Waals surface area contributed by atoms with Crippen LogP contribution >= 0.6 is 11.6 Å². The van der Waals surface area contributed by atoms with Gasteiger partial charge in [0.25, 0.3) is 0 Å². The first-order chi connectivity index (χ1) is 10.2. The van der Waals surface area contributed by atoms with Gasteiger partial charge in [-0.3, -0.25) is 0 Å². The molecule has 0 radical (unpaired) electrons. The van der Waals surface area contributed by atoms with Crippen molar-refractivity contribution >= 4 is 34.0 Å². The molecule has 2 N–H and O–H groups in total. The summed E-state index contributed by atoms with van der Waals surface area (Å²) in [4.78, 5) is 4.40. The Bertz CT molecular complexity index is 975. The van der Waals surface area contributed by atoms with Gasteiger partial charge in [0.15, 0.2) is 0 Å². The Kier molecular flexibility index (Phi) is 2.59. The first-order valence-electron chi connectivity index (χ1n) is 6.52. The van der Waals surface area contributed by atoms with Gasteiger partial charge in [-0.1, -0.05) is 41.9 Å². The molecular formula is C16H11ClN4. The smallest absolute Gasteiger partial charge is 0.239 e. The third kappa shape index (κ3) is 1.92. The molecule has 5 heteroatoms. The van der Waals surface area contributed by atoms with E-state index >= 15 is 0 Å². The van der Waals surface area contributed by atoms with Crippen LogP contribution in [0.4, 0.5) is 5.95 Å². The molecule has 0 aliphatic heterocycles. The number of nitrogens with two attached hydrogens (primary N) is 1. The summed E-state index contributed by atoms with van der Waals surface area (Å²) in [7, 11) is 0. The van der Waals surface area contributed by atoms with E-state index in [1.165, 1.54) is 0 Å². The number of nitrogen functional groups attached to an aromatic ring is 1. The Balaban J connectivity index is 2.13. The minimum Gasteiger partial charge on any atom is -0.367 e. The lowest BCUT2D eigenvalue weighted by Gasteiger charge is -2.06. The summed E-state index contributed by atoms with van der Waals surface area (Å²) in [5.41, 5.74) is 9.49. The number of anilines is 1. The van der Waals surface area contributed by atoms with Crippen molar-refractivity contribution in [3.05, 3.63) is 59.6 Å². The van der Waals surface area contributed by atoms with Crippen molar-refractivity contribution in [3.8, 4) is 11.3 Å². The molecule has 0 unspecified atom stereocenters. The summed E-state index contributed by atoms with van der Waals surface area (Å²) in [6.07, 6.45) is 0. The molecule has 4 nitrogen and oxygen atoms in total. The second kappa shape index (κ2) is 4.46. The number of halogens is 1. The van der Waals surface area contributed by atoms with E-state index in [-0.39, 0.29) is 5.95 Å². The van der Waals surface area contributed by atoms with Crippen LogP contribution in [0.2, 0.25) is 5.02 Å². The minimum atomic E-state index is 0.235. The number of benzene rings is 2. The Morgan fingerprint density at radius 3 is 2.67 bits per heavy atom. The predicted octanol–water partition coefficient (Wildman–Crippen LogP) is 3.79. The zero-order chi connectivity index (χ0) is 14.4. The van der Waals surface area contributed by atoms with E-state index in [1.54, 1.807) is 0 Å². The van der Waals surface area contributed by atoms with Crippen molar-refractivity contribution in [1.29, 1.82) is 0 Å². The van der Waals surface area contributed by atoms with Gasteiger partial charge in [0.2, 0.25) is 5.95 Å². The molecule has 0 atom stereocenters. The molecule has 21 heavy (non-hydrogen) atoms. The largest absolute Gasteiger partial charge is 0.367 e. The summed E-state index contributed by atoms with van der Waals surface area (Å²) in [5.74, 6) is 0.235. The third-order valence-electron chi connectivity index (χ3n) is 3.45. The SMILES string of the molecule is Nc1nc(-c2cccc(Cl)c2)c2cc3ccccc3n2n1. The van der Waals surface area contributed by atoms with Gasteiger partial charge in [-0.05, 0) is 24.3 Å². The van der Waals surface area contributed by atoms with Gasteiger partial charge in [0.05, 0.1) is 11.0 Å². The standard InChI is InChI=1S/C16H11ClN4/c17-12-6-3-5-11(8-12)15-14-9-10-4-1-2-7-13(10)21(14)20-16(18)19-15/h1-9H,(H2,18,20). The first kappa shape index (κ1) is 12.2. The van der Waals surface area contributed by atoms with Gasteiger partial charge in [-0.2, -0.15) is 0 Å². The second-order valence-electron chi connectivity index (χ2n) is 4.83. The average molecular weight is 295 g/mol. The fraction of sp³-hybridized carbons (Fsp3) is 0. The van der Waals surface area contributed by atoms with Crippen molar-refractivity contribution in [2.75, 3.05) is 5.73 Å². The number of aromatic nitrogens is 3. The number of para-hydroxylation sites is 1. The quantitative estimate of drug-likeness (QED) is 0.581. The molecule has 4 aromatic rings. The second-order valence-corrected chi connectivity index (χ2v) is 5.27. The fourth-order valence-corrected chi connectivity index (χ4v) is 2.75. The molecule has 0 aliphatic carbocycles. The maximum Gasteiger partial charge on any atom is 0.239 e. The number of rotatable bonds is 1. The van der Waals surface area contributed by atoms with Crippen LogP contribution in [0.25, 0.3) is 27.7 Å². The van der Waals surface area contributed by atoms with E-state index in [0.29, 0.717) is 5.02 Å². The van der Waals surface area contributed by atoms with Crippen LogP contribution in [0.3, 0.4) is 0 Å². The Labute approximate surface area is 125 Å². The zero-order valence-electron chi connectivity index (χ0n) is 11.0. The maximum absolute atomic E-state index is 6.08. The van der Waals surface area contributed by atoms with Crippen molar-refractivity contribution in [2.24, 2.45) is 0 Å². The number of hydrogen-bond donors (Lipinski definition) is 1. The highest BCUT2D eigenvalue weighted by molar-refractivity contribution is 6.30. The van der Waals surface area contributed by atoms with Crippen LogP contribution in [0.5, 0.6) is 0 Å². The molecule has 0 amide bonds. The van der Waals surface area contributed by atoms with E-state index < -0.39 is 0 Å². The third-order valence-corrected chi connectivity index (χ3v) is 3.69. The summed E-state index contributed by atoms with van der Waals surface area (Å²) in [5, 5.41) is 6.09. The molecule has 0 spiro atoms. The normalized spacial score (nSPS) is 11.3. The van der Waals surface area contributed by atoms with Gasteiger partial charge >= 0.3 is 0 Å². The van der Waals surface area contributed by atoms with E-state index in [1.807, 2.05) is 53.0 Å². The monoisotopic (exact) mass is 294 g/mol. The molecule has 0 saturated carbocycles. The lowest BCUT2D eigenvalue weighted by molar-refractivity contribution is 0.949. The van der Waals surface area contributed by atoms with Crippen LogP contribution in [-0.4, -0.2) is 14.6 Å². The van der Waals surface area contributed by atoms with E-state index in [4.69, 9.17) is 17.3 Å². The number of hydrogen-bond acceptors (Lipinski definition) is 3. The van der Waals surface area contributed by atoms with Gasteiger partial charge in [-0.15, -0.1) is 5.10 Å². The molecule has 0 bridgehead atoms. The number of fused-ring (bicyclic) bond motifs is 3. The average Bonchev–Trinajstić information content (AvgIpc) is 2.85. The topological polar surface area (TPSA) is 56.2 Å². The van der Waals surface area contributed by atoms with Crippen LogP contribution < -0.4 is 5.73 Å². The molecule has 2 heterocycles. The minimum absolute atomic E-state index is 0.235. The maximum atomic E-state index is 6.08. The summed E-state index contributed by atoms with van der Waals surface area (Å²) in [6, 6.07) is 17.7. The Morgan fingerprint density at radius 2 is 1.81 bits per heavy atom. The fourth-order valence-electron chi connectivity index (χ4n) is 2.56. The van der Waals surface area contributed by atoms with Gasteiger partial charge in [0, 0.05) is 16.0 Å². The van der Waals surface area contributed by atoms with E-state index in [9.17, 15) is 0 Å². The molecule has 4 rings (SSSR count). The highest BCUT2D eigenvalue weighted by Gasteiger charge is 2.12. The van der Waals surface area contributed by atoms with Crippen molar-refractivity contribution < 1.29 is 0 Å². The molecule has 102 valence electrons. The predicted molar refractivity (Wildman–Crippen MR) is 85.4 cm³/mol. The van der Waals surface area contributed by atoms with Crippen LogP contribution in [0.15, 0.2) is 54.6 Å². The Hall–Kier alpha value is -2.59. The Morgan fingerprint density at radius 1 is 0.952 bits per heavy atom. The van der Waals surface area contributed by atoms with Gasteiger partial charge in [-0.25, -0.2) is 9.50 Å². The zero-order valence-corrected chi connectivity index (χ0v) is 11.7. The highest BCUT2D eigenvalue weighted by Crippen LogP contribution is 2.29. The van der Waals surface area contributed by atoms with Crippen LogP contribution in [0, 0.1) is 0 Å². The van der Waals surface area contributed by atoms with E-state index in [0.717, 1.165) is 27.7 Å². The van der Waals surface area contributed by atoms with Gasteiger partial charge < -0.3 is 5.73 Å². The van der Waals surface area contributed by atoms with Crippen molar-refractivity contribution in [2.45, 2.75) is 0 Å². The summed E-state index contributed by atoms with van der Waals surface area (Å²) in [6.45, 7) is 0. The lowest BCUT2D eigenvalue weighted by atomic mass is 10.1. The molecule has 0 saturated heterocycles. The van der Waals surface area contributed by atoms with Crippen molar-refractivity contribution in [1.82, 2.24) is 14.6 Å². The molecule has 2 aromatic heterocycles. The first-order valence-corrected chi connectivity index (χ1v) is 6.90. The van der Waals surface area contributed by atoms with Crippen molar-refractivity contribution in [3.63, 3.8) is 0 Å². The molecule has 2 aromatic carbocycles. The lowest BCUT2D eigenvalue weighted by Crippen LogP contribution is -2.03. The summed E-state index contributed by atoms with van der Waals surface area (Å²) < 4.78 is 1.83. The highest BCUT2D eigenvalue weighted by atomic mass is 35.5. The van der Waals surface area contributed by atoms with Gasteiger partial charge in [0.1, 0.15) is 5.69 Å². The van der Waals surface area contributed by atoms with E-state index in [2.05, 4.69) is 16.1 Å². The molecule has 0 aliphatic rings. The number of nitrogens with zero attached hydrogens (tertiary/aromatic N) is 3. The van der Waals surface area contributed by atoms with Crippen LogP contribution in [-0.2, 0) is 0 Å². The van der Waals surface area contributed by atoms with Crippen LogP contribution in [0.1, 0.15) is 0 Å². The molecule has 0 fully saturated rings. The molecular weight excluding hydrogens is 284 g/mol. The summed E-state index contributed by atoms with van der Waals surface area (Å²) >= 11 is 6.08.